The van der Waals surface area contributed by atoms with Gasteiger partial charge in [-0.1, -0.05) is 17.7 Å². The van der Waals surface area contributed by atoms with Gasteiger partial charge >= 0.3 is 0 Å². The molecule has 0 saturated heterocycles. The highest BCUT2D eigenvalue weighted by atomic mass is 16.5. The number of nitrogens with zero attached hydrogens (tertiary/aromatic N) is 1. The predicted octanol–water partition coefficient (Wildman–Crippen LogP) is 3.17. The maximum atomic E-state index is 12.0. The summed E-state index contributed by atoms with van der Waals surface area (Å²) in [6.07, 6.45) is 1.56. The van der Waals surface area contributed by atoms with E-state index < -0.39 is 0 Å². The van der Waals surface area contributed by atoms with Crippen LogP contribution in [0, 0.1) is 6.92 Å². The molecule has 0 aliphatic rings. The van der Waals surface area contributed by atoms with Gasteiger partial charge < -0.3 is 9.47 Å². The molecule has 1 amide bonds. The third-order valence-corrected chi connectivity index (χ3v) is 3.15. The summed E-state index contributed by atoms with van der Waals surface area (Å²) in [7, 11) is 1.58. The van der Waals surface area contributed by atoms with E-state index >= 15 is 0 Å². The number of benzene rings is 2. The second-order valence-electron chi connectivity index (χ2n) is 4.91. The van der Waals surface area contributed by atoms with Crippen LogP contribution in [0.1, 0.15) is 28.4 Å². The van der Waals surface area contributed by atoms with Crippen LogP contribution >= 0.6 is 0 Å². The first kappa shape index (κ1) is 16.5. The lowest BCUT2D eigenvalue weighted by Crippen LogP contribution is -2.17. The lowest BCUT2D eigenvalue weighted by atomic mass is 10.1. The Bertz CT molecular complexity index is 711. The number of aryl methyl sites for hydroxylation is 1. The largest absolute Gasteiger partial charge is 0.493 e. The molecule has 0 radical (unpaired) electrons. The number of carbonyl (C=O) groups is 1. The second-order valence-corrected chi connectivity index (χ2v) is 4.91. The monoisotopic (exact) mass is 312 g/mol. The molecule has 1 N–H and O–H groups in total. The quantitative estimate of drug-likeness (QED) is 0.658. The molecule has 0 saturated carbocycles. The molecule has 5 nitrogen and oxygen atoms in total. The van der Waals surface area contributed by atoms with Crippen LogP contribution in [-0.2, 0) is 0 Å². The van der Waals surface area contributed by atoms with Crippen molar-refractivity contribution in [3.8, 4) is 11.5 Å². The van der Waals surface area contributed by atoms with E-state index in [1.54, 1.807) is 25.5 Å². The number of hydrogen-bond donors (Lipinski definition) is 1. The van der Waals surface area contributed by atoms with E-state index in [-0.39, 0.29) is 5.91 Å². The smallest absolute Gasteiger partial charge is 0.271 e. The SMILES string of the molecule is CCOc1ccc(C=NNC(=O)c2cccc(C)c2)cc1OC. The molecular weight excluding hydrogens is 292 g/mol. The number of carbonyl (C=O) groups excluding carboxylic acids is 1. The Labute approximate surface area is 135 Å². The Morgan fingerprint density at radius 2 is 2.04 bits per heavy atom. The number of hydrogen-bond acceptors (Lipinski definition) is 4. The second kappa shape index (κ2) is 7.98. The van der Waals surface area contributed by atoms with Gasteiger partial charge in [-0.15, -0.1) is 0 Å². The Balaban J connectivity index is 2.04. The van der Waals surface area contributed by atoms with Crippen molar-refractivity contribution in [1.82, 2.24) is 5.43 Å². The summed E-state index contributed by atoms with van der Waals surface area (Å²) in [6.45, 7) is 4.41. The molecule has 2 aromatic carbocycles. The van der Waals surface area contributed by atoms with Crippen LogP contribution in [0.25, 0.3) is 0 Å². The number of hydrazone groups is 1. The molecule has 2 aromatic rings. The highest BCUT2D eigenvalue weighted by Gasteiger charge is 2.05. The first-order chi connectivity index (χ1) is 11.1. The van der Waals surface area contributed by atoms with Crippen molar-refractivity contribution < 1.29 is 14.3 Å². The number of ether oxygens (including phenoxy) is 2. The van der Waals surface area contributed by atoms with Crippen molar-refractivity contribution in [2.24, 2.45) is 5.10 Å². The van der Waals surface area contributed by atoms with Crippen molar-refractivity contribution in [3.05, 3.63) is 59.2 Å². The molecule has 5 heteroatoms. The zero-order valence-corrected chi connectivity index (χ0v) is 13.5. The summed E-state index contributed by atoms with van der Waals surface area (Å²) in [5, 5.41) is 3.98. The average molecular weight is 312 g/mol. The molecule has 0 unspecified atom stereocenters. The first-order valence-electron chi connectivity index (χ1n) is 7.35. The first-order valence-corrected chi connectivity index (χ1v) is 7.35. The van der Waals surface area contributed by atoms with Gasteiger partial charge in [0.15, 0.2) is 11.5 Å². The van der Waals surface area contributed by atoms with Crippen LogP contribution < -0.4 is 14.9 Å². The molecular formula is C18H20N2O3. The molecule has 0 fully saturated rings. The average Bonchev–Trinajstić information content (AvgIpc) is 2.56. The molecule has 0 aromatic heterocycles. The van der Waals surface area contributed by atoms with E-state index in [1.165, 1.54) is 0 Å². The van der Waals surface area contributed by atoms with Gasteiger partial charge in [0.2, 0.25) is 0 Å². The van der Waals surface area contributed by atoms with E-state index in [0.717, 1.165) is 11.1 Å². The summed E-state index contributed by atoms with van der Waals surface area (Å²) < 4.78 is 10.7. The molecule has 2 rings (SSSR count). The molecule has 0 heterocycles. The Morgan fingerprint density at radius 1 is 1.22 bits per heavy atom. The maximum Gasteiger partial charge on any atom is 0.271 e. The molecule has 0 aliphatic carbocycles. The minimum Gasteiger partial charge on any atom is -0.493 e. The minimum absolute atomic E-state index is 0.247. The minimum atomic E-state index is -0.247. The van der Waals surface area contributed by atoms with Gasteiger partial charge in [0.1, 0.15) is 0 Å². The van der Waals surface area contributed by atoms with Gasteiger partial charge in [0.25, 0.3) is 5.91 Å². The van der Waals surface area contributed by atoms with Crippen LogP contribution in [0.15, 0.2) is 47.6 Å². The number of methoxy groups -OCH3 is 1. The summed E-state index contributed by atoms with van der Waals surface area (Å²) >= 11 is 0. The number of amides is 1. The van der Waals surface area contributed by atoms with Crippen molar-refractivity contribution in [3.63, 3.8) is 0 Å². The van der Waals surface area contributed by atoms with E-state index in [1.807, 2.05) is 44.2 Å². The fourth-order valence-electron chi connectivity index (χ4n) is 2.06. The third kappa shape index (κ3) is 4.57. The maximum absolute atomic E-state index is 12.0. The number of rotatable bonds is 6. The Hall–Kier alpha value is -2.82. The van der Waals surface area contributed by atoms with Crippen LogP contribution in [0.4, 0.5) is 0 Å². The van der Waals surface area contributed by atoms with E-state index in [9.17, 15) is 4.79 Å². The third-order valence-electron chi connectivity index (χ3n) is 3.15. The van der Waals surface area contributed by atoms with E-state index in [4.69, 9.17) is 9.47 Å². The van der Waals surface area contributed by atoms with Crippen LogP contribution in [-0.4, -0.2) is 25.8 Å². The summed E-state index contributed by atoms with van der Waals surface area (Å²) in [6, 6.07) is 12.8. The van der Waals surface area contributed by atoms with Crippen LogP contribution in [0.3, 0.4) is 0 Å². The molecule has 0 aliphatic heterocycles. The fraction of sp³-hybridized carbons (Fsp3) is 0.222. The summed E-state index contributed by atoms with van der Waals surface area (Å²) in [4.78, 5) is 12.0. The van der Waals surface area contributed by atoms with E-state index in [2.05, 4.69) is 10.5 Å². The lowest BCUT2D eigenvalue weighted by molar-refractivity contribution is 0.0955. The van der Waals surface area contributed by atoms with Crippen molar-refractivity contribution in [1.29, 1.82) is 0 Å². The molecule has 0 atom stereocenters. The van der Waals surface area contributed by atoms with Crippen molar-refractivity contribution in [2.45, 2.75) is 13.8 Å². The van der Waals surface area contributed by atoms with Crippen molar-refractivity contribution in [2.75, 3.05) is 13.7 Å². The summed E-state index contributed by atoms with van der Waals surface area (Å²) in [5.74, 6) is 1.06. The standard InChI is InChI=1S/C18H20N2O3/c1-4-23-16-9-8-14(11-17(16)22-3)12-19-20-18(21)15-7-5-6-13(2)10-15/h5-12H,4H2,1-3H3,(H,20,21). The molecule has 0 bridgehead atoms. The van der Waals surface area contributed by atoms with Gasteiger partial charge in [-0.05, 0) is 49.7 Å². The Kier molecular flexibility index (Phi) is 5.74. The zero-order valence-electron chi connectivity index (χ0n) is 13.5. The highest BCUT2D eigenvalue weighted by molar-refractivity contribution is 5.95. The van der Waals surface area contributed by atoms with Crippen LogP contribution in [0.5, 0.6) is 11.5 Å². The van der Waals surface area contributed by atoms with E-state index in [0.29, 0.717) is 23.7 Å². The van der Waals surface area contributed by atoms with Gasteiger partial charge in [-0.2, -0.15) is 5.10 Å². The van der Waals surface area contributed by atoms with Crippen LogP contribution in [0.2, 0.25) is 0 Å². The van der Waals surface area contributed by atoms with Gasteiger partial charge in [-0.25, -0.2) is 5.43 Å². The normalized spacial score (nSPS) is 10.6. The van der Waals surface area contributed by atoms with Gasteiger partial charge in [-0.3, -0.25) is 4.79 Å². The topological polar surface area (TPSA) is 59.9 Å². The number of nitrogens with one attached hydrogen (secondary N) is 1. The lowest BCUT2D eigenvalue weighted by Gasteiger charge is -2.09. The predicted molar refractivity (Wildman–Crippen MR) is 90.4 cm³/mol. The van der Waals surface area contributed by atoms with Gasteiger partial charge in [0.05, 0.1) is 19.9 Å². The molecule has 0 spiro atoms. The van der Waals surface area contributed by atoms with Crippen molar-refractivity contribution >= 4 is 12.1 Å². The Morgan fingerprint density at radius 3 is 2.74 bits per heavy atom. The summed E-state index contributed by atoms with van der Waals surface area (Å²) in [5.41, 5.74) is 4.91. The molecule has 23 heavy (non-hydrogen) atoms. The highest BCUT2D eigenvalue weighted by Crippen LogP contribution is 2.27. The van der Waals surface area contributed by atoms with Gasteiger partial charge in [0, 0.05) is 5.56 Å². The molecule has 120 valence electrons. The fourth-order valence-corrected chi connectivity index (χ4v) is 2.06. The zero-order chi connectivity index (χ0) is 16.7.